The Hall–Kier alpha value is -4.20. The number of benzene rings is 2. The van der Waals surface area contributed by atoms with Crippen molar-refractivity contribution in [1.82, 2.24) is 5.32 Å². The van der Waals surface area contributed by atoms with Crippen LogP contribution in [-0.2, 0) is 4.79 Å². The minimum absolute atomic E-state index is 0.00181. The molecule has 2 amide bonds. The van der Waals surface area contributed by atoms with Gasteiger partial charge in [0, 0.05) is 17.3 Å². The summed E-state index contributed by atoms with van der Waals surface area (Å²) in [6.45, 7) is 1.79. The second-order valence-electron chi connectivity index (χ2n) is 6.69. The Kier molecular flexibility index (Phi) is 7.17. The highest BCUT2D eigenvalue weighted by molar-refractivity contribution is 6.10. The van der Waals surface area contributed by atoms with Crippen LogP contribution in [0, 0.1) is 6.92 Å². The maximum Gasteiger partial charge on any atom is 0.272 e. The maximum atomic E-state index is 13.0. The van der Waals surface area contributed by atoms with Gasteiger partial charge in [0.15, 0.2) is 11.5 Å². The molecule has 8 nitrogen and oxygen atoms in total. The van der Waals surface area contributed by atoms with Gasteiger partial charge in [0.05, 0.1) is 21.3 Å². The van der Waals surface area contributed by atoms with Crippen LogP contribution >= 0.6 is 0 Å². The standard InChI is InChI=1S/C24H24N2O6/c1-15-10-11-18(32-15)14-19(24(28)25-17-8-6-5-7-9-17)26-23(27)16-12-20(29-2)22(31-4)21(13-16)30-3/h5-14H,1-4H3,(H,25,28)(H,26,27)/b19-14+. The van der Waals surface area contributed by atoms with Crippen LogP contribution in [0.25, 0.3) is 6.08 Å². The first-order valence-corrected chi connectivity index (χ1v) is 9.71. The lowest BCUT2D eigenvalue weighted by atomic mass is 10.1. The number of amides is 2. The average molecular weight is 436 g/mol. The molecule has 0 bridgehead atoms. The van der Waals surface area contributed by atoms with Crippen molar-refractivity contribution in [1.29, 1.82) is 0 Å². The molecule has 2 N–H and O–H groups in total. The van der Waals surface area contributed by atoms with E-state index in [1.807, 2.05) is 6.07 Å². The van der Waals surface area contributed by atoms with Gasteiger partial charge in [0.25, 0.3) is 11.8 Å². The van der Waals surface area contributed by atoms with E-state index in [9.17, 15) is 9.59 Å². The van der Waals surface area contributed by atoms with E-state index >= 15 is 0 Å². The van der Waals surface area contributed by atoms with Crippen LogP contribution in [0.1, 0.15) is 21.9 Å². The molecule has 1 heterocycles. The summed E-state index contributed by atoms with van der Waals surface area (Å²) in [5.41, 5.74) is 0.802. The molecule has 0 aliphatic heterocycles. The number of anilines is 1. The largest absolute Gasteiger partial charge is 0.493 e. The van der Waals surface area contributed by atoms with Crippen LogP contribution in [0.5, 0.6) is 17.2 Å². The minimum atomic E-state index is -0.540. The molecule has 166 valence electrons. The molecule has 0 saturated heterocycles. The van der Waals surface area contributed by atoms with Crippen LogP contribution < -0.4 is 24.8 Å². The van der Waals surface area contributed by atoms with Crippen molar-refractivity contribution in [3.63, 3.8) is 0 Å². The minimum Gasteiger partial charge on any atom is -0.493 e. The van der Waals surface area contributed by atoms with Gasteiger partial charge in [-0.15, -0.1) is 0 Å². The highest BCUT2D eigenvalue weighted by Gasteiger charge is 2.20. The Bertz CT molecular complexity index is 1110. The van der Waals surface area contributed by atoms with E-state index in [2.05, 4.69) is 10.6 Å². The van der Waals surface area contributed by atoms with Crippen molar-refractivity contribution in [2.24, 2.45) is 0 Å². The van der Waals surface area contributed by atoms with Crippen LogP contribution in [-0.4, -0.2) is 33.1 Å². The predicted octanol–water partition coefficient (Wildman–Crippen LogP) is 4.02. The monoisotopic (exact) mass is 436 g/mol. The third-order valence-electron chi connectivity index (χ3n) is 4.50. The van der Waals surface area contributed by atoms with E-state index < -0.39 is 11.8 Å². The van der Waals surface area contributed by atoms with E-state index in [1.165, 1.54) is 39.5 Å². The molecule has 0 aliphatic rings. The quantitative estimate of drug-likeness (QED) is 0.518. The number of aryl methyl sites for hydroxylation is 1. The molecule has 1 aromatic heterocycles. The maximum absolute atomic E-state index is 13.0. The van der Waals surface area contributed by atoms with Crippen molar-refractivity contribution in [3.8, 4) is 17.2 Å². The van der Waals surface area contributed by atoms with Gasteiger partial charge in [0.1, 0.15) is 17.2 Å². The number of nitrogens with one attached hydrogen (secondary N) is 2. The van der Waals surface area contributed by atoms with Gasteiger partial charge in [0.2, 0.25) is 5.75 Å². The average Bonchev–Trinajstić information content (AvgIpc) is 3.22. The fraction of sp³-hybridized carbons (Fsp3) is 0.167. The molecule has 0 radical (unpaired) electrons. The van der Waals surface area contributed by atoms with Crippen LogP contribution in [0.4, 0.5) is 5.69 Å². The first-order chi connectivity index (χ1) is 15.4. The summed E-state index contributed by atoms with van der Waals surface area (Å²) in [6.07, 6.45) is 1.46. The van der Waals surface area contributed by atoms with Gasteiger partial charge >= 0.3 is 0 Å². The number of rotatable bonds is 8. The van der Waals surface area contributed by atoms with Crippen LogP contribution in [0.3, 0.4) is 0 Å². The molecule has 3 aromatic rings. The molecule has 0 atom stereocenters. The summed E-state index contributed by atoms with van der Waals surface area (Å²) in [7, 11) is 4.38. The zero-order chi connectivity index (χ0) is 23.1. The number of para-hydroxylation sites is 1. The number of ether oxygens (including phenoxy) is 3. The summed E-state index contributed by atoms with van der Waals surface area (Å²) < 4.78 is 21.4. The third kappa shape index (κ3) is 5.28. The van der Waals surface area contributed by atoms with E-state index in [0.717, 1.165) is 0 Å². The van der Waals surface area contributed by atoms with Crippen molar-refractivity contribution in [2.75, 3.05) is 26.6 Å². The smallest absolute Gasteiger partial charge is 0.272 e. The Morgan fingerprint density at radius 3 is 2.09 bits per heavy atom. The van der Waals surface area contributed by atoms with Crippen LogP contribution in [0.2, 0.25) is 0 Å². The summed E-state index contributed by atoms with van der Waals surface area (Å²) in [5, 5.41) is 5.41. The molecule has 2 aromatic carbocycles. The number of carbonyl (C=O) groups excluding carboxylic acids is 2. The van der Waals surface area contributed by atoms with Crippen LogP contribution in [0.15, 0.2) is 64.7 Å². The van der Waals surface area contributed by atoms with E-state index in [-0.39, 0.29) is 11.3 Å². The zero-order valence-corrected chi connectivity index (χ0v) is 18.2. The molecule has 8 heteroatoms. The Balaban J connectivity index is 1.93. The number of methoxy groups -OCH3 is 3. The van der Waals surface area contributed by atoms with Crippen molar-refractivity contribution in [3.05, 3.63) is 77.4 Å². The highest BCUT2D eigenvalue weighted by atomic mass is 16.5. The second kappa shape index (κ2) is 10.2. The zero-order valence-electron chi connectivity index (χ0n) is 18.2. The van der Waals surface area contributed by atoms with Crippen molar-refractivity contribution in [2.45, 2.75) is 6.92 Å². The van der Waals surface area contributed by atoms with Gasteiger partial charge in [-0.3, -0.25) is 9.59 Å². The van der Waals surface area contributed by atoms with Gasteiger partial charge in [-0.1, -0.05) is 18.2 Å². The molecule has 0 saturated carbocycles. The lowest BCUT2D eigenvalue weighted by Gasteiger charge is -2.15. The molecule has 0 spiro atoms. The lowest BCUT2D eigenvalue weighted by molar-refractivity contribution is -0.113. The first-order valence-electron chi connectivity index (χ1n) is 9.71. The number of hydrogen-bond donors (Lipinski definition) is 2. The molecule has 3 rings (SSSR count). The van der Waals surface area contributed by atoms with Gasteiger partial charge < -0.3 is 29.3 Å². The van der Waals surface area contributed by atoms with Crippen molar-refractivity contribution >= 4 is 23.6 Å². The Morgan fingerprint density at radius 2 is 1.56 bits per heavy atom. The SMILES string of the molecule is COc1cc(C(=O)N/C(=C/c2ccc(C)o2)C(=O)Nc2ccccc2)cc(OC)c1OC. The molecular weight excluding hydrogens is 412 g/mol. The second-order valence-corrected chi connectivity index (χ2v) is 6.69. The van der Waals surface area contributed by atoms with Crippen molar-refractivity contribution < 1.29 is 28.2 Å². The third-order valence-corrected chi connectivity index (χ3v) is 4.50. The van der Waals surface area contributed by atoms with E-state index in [0.29, 0.717) is 34.5 Å². The molecule has 0 fully saturated rings. The van der Waals surface area contributed by atoms with Gasteiger partial charge in [-0.05, 0) is 43.3 Å². The van der Waals surface area contributed by atoms with E-state index in [1.54, 1.807) is 43.3 Å². The molecule has 0 unspecified atom stereocenters. The van der Waals surface area contributed by atoms with Gasteiger partial charge in [-0.2, -0.15) is 0 Å². The Morgan fingerprint density at radius 1 is 0.906 bits per heavy atom. The highest BCUT2D eigenvalue weighted by Crippen LogP contribution is 2.38. The summed E-state index contributed by atoms with van der Waals surface area (Å²) in [4.78, 5) is 26.0. The van der Waals surface area contributed by atoms with Gasteiger partial charge in [-0.25, -0.2) is 0 Å². The first kappa shape index (κ1) is 22.5. The molecule has 0 aliphatic carbocycles. The van der Waals surface area contributed by atoms with E-state index in [4.69, 9.17) is 18.6 Å². The number of carbonyl (C=O) groups is 2. The summed E-state index contributed by atoms with van der Waals surface area (Å²) in [5.74, 6) is 1.04. The number of furan rings is 1. The Labute approximate surface area is 185 Å². The predicted molar refractivity (Wildman–Crippen MR) is 120 cm³/mol. The topological polar surface area (TPSA) is 99.0 Å². The number of hydrogen-bond acceptors (Lipinski definition) is 6. The summed E-state index contributed by atoms with van der Waals surface area (Å²) in [6, 6.07) is 15.4. The fourth-order valence-electron chi connectivity index (χ4n) is 2.96. The normalized spacial score (nSPS) is 10.9. The molecular formula is C24H24N2O6. The fourth-order valence-corrected chi connectivity index (χ4v) is 2.96. The molecule has 32 heavy (non-hydrogen) atoms. The summed E-state index contributed by atoms with van der Waals surface area (Å²) >= 11 is 0. The lowest BCUT2D eigenvalue weighted by Crippen LogP contribution is -2.30.